The highest BCUT2D eigenvalue weighted by Crippen LogP contribution is 2.30. The Labute approximate surface area is 95.4 Å². The van der Waals surface area contributed by atoms with Crippen LogP contribution < -0.4 is 5.73 Å². The van der Waals surface area contributed by atoms with E-state index in [-0.39, 0.29) is 5.54 Å². The van der Waals surface area contributed by atoms with Gasteiger partial charge in [-0.15, -0.1) is 0 Å². The molecule has 1 aromatic rings. The Morgan fingerprint density at radius 3 is 2.81 bits per heavy atom. The van der Waals surface area contributed by atoms with Crippen LogP contribution in [0.2, 0.25) is 0 Å². The van der Waals surface area contributed by atoms with E-state index in [4.69, 9.17) is 5.73 Å². The van der Waals surface area contributed by atoms with Gasteiger partial charge in [-0.05, 0) is 43.4 Å². The first kappa shape index (κ1) is 11.0. The number of carbonyl (C=O) groups excluding carboxylic acids is 1. The minimum Gasteiger partial charge on any atom is -0.325 e. The lowest BCUT2D eigenvalue weighted by molar-refractivity contribution is 0.111. The third kappa shape index (κ3) is 2.36. The molecule has 2 N–H and O–H groups in total. The molecule has 1 unspecified atom stereocenters. The van der Waals surface area contributed by atoms with Crippen LogP contribution in [-0.2, 0) is 0 Å². The standard InChI is InChI=1S/C13H16N2O/c1-13(14)6-4-10(5-7-13)11-2-3-12(9-16)15-8-11/h2-4,8-9H,5-7,14H2,1H3. The Hall–Kier alpha value is -1.48. The summed E-state index contributed by atoms with van der Waals surface area (Å²) in [4.78, 5) is 14.6. The monoisotopic (exact) mass is 216 g/mol. The molecule has 3 nitrogen and oxygen atoms in total. The zero-order valence-corrected chi connectivity index (χ0v) is 9.44. The molecule has 3 heteroatoms. The second kappa shape index (κ2) is 4.18. The van der Waals surface area contributed by atoms with E-state index in [1.807, 2.05) is 6.07 Å². The fraction of sp³-hybridized carbons (Fsp3) is 0.385. The minimum absolute atomic E-state index is 0.0698. The summed E-state index contributed by atoms with van der Waals surface area (Å²) in [6, 6.07) is 3.70. The Balaban J connectivity index is 2.19. The number of hydrogen-bond donors (Lipinski definition) is 1. The number of pyridine rings is 1. The number of hydrogen-bond acceptors (Lipinski definition) is 3. The maximum Gasteiger partial charge on any atom is 0.168 e. The van der Waals surface area contributed by atoms with Gasteiger partial charge in [-0.25, -0.2) is 0 Å². The van der Waals surface area contributed by atoms with Crippen LogP contribution in [0.5, 0.6) is 0 Å². The summed E-state index contributed by atoms with van der Waals surface area (Å²) >= 11 is 0. The number of rotatable bonds is 2. The van der Waals surface area contributed by atoms with Gasteiger partial charge in [0.2, 0.25) is 0 Å². The van der Waals surface area contributed by atoms with Crippen LogP contribution in [0.25, 0.3) is 5.57 Å². The Kier molecular flexibility index (Phi) is 2.88. The average Bonchev–Trinajstić information content (AvgIpc) is 2.29. The van der Waals surface area contributed by atoms with Crippen molar-refractivity contribution >= 4 is 11.9 Å². The summed E-state index contributed by atoms with van der Waals surface area (Å²) in [7, 11) is 0. The van der Waals surface area contributed by atoms with Crippen molar-refractivity contribution in [2.45, 2.75) is 31.7 Å². The van der Waals surface area contributed by atoms with Crippen LogP contribution in [0, 0.1) is 0 Å². The van der Waals surface area contributed by atoms with E-state index in [1.165, 1.54) is 5.57 Å². The summed E-state index contributed by atoms with van der Waals surface area (Å²) in [6.07, 6.45) is 7.58. The number of aromatic nitrogens is 1. The highest BCUT2D eigenvalue weighted by atomic mass is 16.1. The molecular formula is C13H16N2O. The summed E-state index contributed by atoms with van der Waals surface area (Å²) in [5.74, 6) is 0. The van der Waals surface area contributed by atoms with Gasteiger partial charge in [-0.2, -0.15) is 0 Å². The maximum absolute atomic E-state index is 10.5. The van der Waals surface area contributed by atoms with Crippen LogP contribution in [0.1, 0.15) is 42.2 Å². The smallest absolute Gasteiger partial charge is 0.168 e. The molecule has 1 atom stereocenters. The molecule has 0 bridgehead atoms. The van der Waals surface area contributed by atoms with Crippen molar-refractivity contribution in [2.24, 2.45) is 5.73 Å². The van der Waals surface area contributed by atoms with E-state index in [0.29, 0.717) is 5.69 Å². The molecule has 0 fully saturated rings. The third-order valence-corrected chi connectivity index (χ3v) is 3.06. The molecule has 1 aromatic heterocycles. The predicted molar refractivity (Wildman–Crippen MR) is 64.0 cm³/mol. The van der Waals surface area contributed by atoms with Gasteiger partial charge in [0.25, 0.3) is 0 Å². The van der Waals surface area contributed by atoms with Crippen LogP contribution >= 0.6 is 0 Å². The molecule has 1 heterocycles. The largest absolute Gasteiger partial charge is 0.325 e. The van der Waals surface area contributed by atoms with Crippen molar-refractivity contribution in [3.63, 3.8) is 0 Å². The summed E-state index contributed by atoms with van der Waals surface area (Å²) in [5, 5.41) is 0. The van der Waals surface area contributed by atoms with Crippen LogP contribution in [0.4, 0.5) is 0 Å². The zero-order chi connectivity index (χ0) is 11.6. The van der Waals surface area contributed by atoms with E-state index in [2.05, 4.69) is 18.0 Å². The maximum atomic E-state index is 10.5. The topological polar surface area (TPSA) is 56.0 Å². The van der Waals surface area contributed by atoms with Gasteiger partial charge in [0.15, 0.2) is 6.29 Å². The van der Waals surface area contributed by atoms with E-state index >= 15 is 0 Å². The molecule has 0 aromatic carbocycles. The normalized spacial score (nSPS) is 25.0. The fourth-order valence-corrected chi connectivity index (χ4v) is 1.91. The van der Waals surface area contributed by atoms with E-state index in [9.17, 15) is 4.79 Å². The van der Waals surface area contributed by atoms with Crippen molar-refractivity contribution in [1.29, 1.82) is 0 Å². The second-order valence-corrected chi connectivity index (χ2v) is 4.68. The predicted octanol–water partition coefficient (Wildman–Crippen LogP) is 2.18. The number of allylic oxidation sites excluding steroid dienone is 1. The van der Waals surface area contributed by atoms with Crippen LogP contribution in [0.3, 0.4) is 0 Å². The van der Waals surface area contributed by atoms with Crippen molar-refractivity contribution in [2.75, 3.05) is 0 Å². The number of aldehydes is 1. The molecule has 0 radical (unpaired) electrons. The average molecular weight is 216 g/mol. The summed E-state index contributed by atoms with van der Waals surface area (Å²) < 4.78 is 0. The number of nitrogens with two attached hydrogens (primary N) is 1. The fourth-order valence-electron chi connectivity index (χ4n) is 1.91. The molecule has 2 rings (SSSR count). The highest BCUT2D eigenvalue weighted by molar-refractivity contribution is 5.73. The molecule has 0 saturated carbocycles. The number of nitrogens with zero attached hydrogens (tertiary/aromatic N) is 1. The van der Waals surface area contributed by atoms with Gasteiger partial charge in [-0.3, -0.25) is 9.78 Å². The molecule has 1 aliphatic rings. The first-order chi connectivity index (χ1) is 7.61. The summed E-state index contributed by atoms with van der Waals surface area (Å²) in [5.41, 5.74) is 8.85. The first-order valence-electron chi connectivity index (χ1n) is 5.50. The van der Waals surface area contributed by atoms with Gasteiger partial charge >= 0.3 is 0 Å². The quantitative estimate of drug-likeness (QED) is 0.771. The highest BCUT2D eigenvalue weighted by Gasteiger charge is 2.22. The van der Waals surface area contributed by atoms with E-state index in [0.717, 1.165) is 31.1 Å². The van der Waals surface area contributed by atoms with Crippen molar-refractivity contribution in [3.8, 4) is 0 Å². The van der Waals surface area contributed by atoms with Crippen molar-refractivity contribution < 1.29 is 4.79 Å². The van der Waals surface area contributed by atoms with Gasteiger partial charge in [0, 0.05) is 11.7 Å². The molecule has 0 spiro atoms. The molecule has 0 aliphatic heterocycles. The van der Waals surface area contributed by atoms with Gasteiger partial charge in [0.05, 0.1) is 0 Å². The van der Waals surface area contributed by atoms with Crippen molar-refractivity contribution in [3.05, 3.63) is 35.7 Å². The zero-order valence-electron chi connectivity index (χ0n) is 9.44. The lowest BCUT2D eigenvalue weighted by atomic mass is 9.83. The lowest BCUT2D eigenvalue weighted by Gasteiger charge is -2.28. The first-order valence-corrected chi connectivity index (χ1v) is 5.50. The number of carbonyl (C=O) groups is 1. The van der Waals surface area contributed by atoms with Crippen LogP contribution in [0.15, 0.2) is 24.4 Å². The van der Waals surface area contributed by atoms with E-state index < -0.39 is 0 Å². The van der Waals surface area contributed by atoms with Crippen molar-refractivity contribution in [1.82, 2.24) is 4.98 Å². The molecule has 1 aliphatic carbocycles. The molecule has 0 amide bonds. The third-order valence-electron chi connectivity index (χ3n) is 3.06. The van der Waals surface area contributed by atoms with Gasteiger partial charge in [-0.1, -0.05) is 12.1 Å². The Bertz CT molecular complexity index is 418. The SMILES string of the molecule is CC1(N)CC=C(c2ccc(C=O)nc2)CC1. The van der Waals surface area contributed by atoms with Gasteiger partial charge < -0.3 is 5.73 Å². The minimum atomic E-state index is -0.0698. The Morgan fingerprint density at radius 1 is 1.50 bits per heavy atom. The molecule has 0 saturated heterocycles. The lowest BCUT2D eigenvalue weighted by Crippen LogP contribution is -2.37. The Morgan fingerprint density at radius 2 is 2.31 bits per heavy atom. The van der Waals surface area contributed by atoms with E-state index in [1.54, 1.807) is 12.3 Å². The molecule has 16 heavy (non-hydrogen) atoms. The molecular weight excluding hydrogens is 200 g/mol. The summed E-state index contributed by atoms with van der Waals surface area (Å²) in [6.45, 7) is 2.08. The van der Waals surface area contributed by atoms with Gasteiger partial charge in [0.1, 0.15) is 5.69 Å². The second-order valence-electron chi connectivity index (χ2n) is 4.68. The van der Waals surface area contributed by atoms with Crippen LogP contribution in [-0.4, -0.2) is 16.8 Å². The molecule has 84 valence electrons.